The number of Topliss-reactive ketones (excluding diaryl/α,β-unsaturated/α-hetero) is 1. The lowest BCUT2D eigenvalue weighted by molar-refractivity contribution is -0.131. The maximum Gasteiger partial charge on any atom is 0.410 e. The number of ether oxygens (including phenoxy) is 1. The van der Waals surface area contributed by atoms with Crippen molar-refractivity contribution in [1.82, 2.24) is 10.2 Å². The van der Waals surface area contributed by atoms with Crippen molar-refractivity contribution in [2.75, 3.05) is 18.8 Å². The van der Waals surface area contributed by atoms with E-state index < -0.39 is 63.1 Å². The highest BCUT2D eigenvalue weighted by molar-refractivity contribution is 7.93. The van der Waals surface area contributed by atoms with Crippen LogP contribution in [0.25, 0.3) is 0 Å². The molecule has 1 aliphatic heterocycles. The summed E-state index contributed by atoms with van der Waals surface area (Å²) in [5.41, 5.74) is -0.167. The molecule has 1 aliphatic rings. The number of amides is 2. The van der Waals surface area contributed by atoms with Gasteiger partial charge in [0.25, 0.3) is 5.91 Å². The molecule has 0 aliphatic carbocycles. The standard InChI is InChI=1S/C20H27FN2O6S/c1-14-12-30(27,28)20(21,13-23(14)18(26)29-19(2,3)4)17(25)22-11-16(24)10-15-8-6-5-7-9-15/h5-9,14H,10-13H2,1-4H3,(H,22,25)/t14-,20?/m1/s1. The molecular weight excluding hydrogens is 415 g/mol. The van der Waals surface area contributed by atoms with Gasteiger partial charge in [0.2, 0.25) is 0 Å². The molecule has 1 aromatic rings. The summed E-state index contributed by atoms with van der Waals surface area (Å²) in [7, 11) is -4.53. The highest BCUT2D eigenvalue weighted by atomic mass is 32.2. The quantitative estimate of drug-likeness (QED) is 0.742. The Hall–Kier alpha value is -2.49. The van der Waals surface area contributed by atoms with Crippen molar-refractivity contribution in [2.45, 2.75) is 50.8 Å². The molecule has 2 rings (SSSR count). The average Bonchev–Trinajstić information content (AvgIpc) is 2.61. The first-order chi connectivity index (χ1) is 13.7. The van der Waals surface area contributed by atoms with Crippen molar-refractivity contribution in [3.63, 3.8) is 0 Å². The molecule has 0 radical (unpaired) electrons. The minimum Gasteiger partial charge on any atom is -0.444 e. The monoisotopic (exact) mass is 442 g/mol. The molecule has 1 saturated heterocycles. The number of carbonyl (C=O) groups is 3. The zero-order chi connectivity index (χ0) is 22.7. The maximum atomic E-state index is 15.5. The van der Waals surface area contributed by atoms with Gasteiger partial charge in [0.15, 0.2) is 15.6 Å². The van der Waals surface area contributed by atoms with Crippen LogP contribution in [0.2, 0.25) is 0 Å². The molecule has 30 heavy (non-hydrogen) atoms. The molecule has 1 fully saturated rings. The van der Waals surface area contributed by atoms with E-state index in [1.165, 1.54) is 6.92 Å². The van der Waals surface area contributed by atoms with Crippen LogP contribution in [0, 0.1) is 0 Å². The van der Waals surface area contributed by atoms with E-state index in [1.807, 2.05) is 0 Å². The van der Waals surface area contributed by atoms with E-state index >= 15 is 4.39 Å². The van der Waals surface area contributed by atoms with Crippen LogP contribution in [0.4, 0.5) is 9.18 Å². The van der Waals surface area contributed by atoms with Crippen molar-refractivity contribution in [2.24, 2.45) is 0 Å². The third kappa shape index (κ3) is 5.56. The van der Waals surface area contributed by atoms with Gasteiger partial charge in [-0.15, -0.1) is 0 Å². The second kappa shape index (κ2) is 8.71. The second-order valence-corrected chi connectivity index (χ2v) is 10.6. The van der Waals surface area contributed by atoms with Gasteiger partial charge in [-0.25, -0.2) is 17.6 Å². The molecule has 1 N–H and O–H groups in total. The maximum absolute atomic E-state index is 15.5. The molecule has 0 saturated carbocycles. The van der Waals surface area contributed by atoms with Gasteiger partial charge in [-0.1, -0.05) is 30.3 Å². The van der Waals surface area contributed by atoms with Crippen molar-refractivity contribution in [3.05, 3.63) is 35.9 Å². The van der Waals surface area contributed by atoms with Gasteiger partial charge >= 0.3 is 11.1 Å². The molecule has 1 aromatic carbocycles. The van der Waals surface area contributed by atoms with Gasteiger partial charge in [0.1, 0.15) is 5.60 Å². The normalized spacial score (nSPS) is 23.5. The number of hydrogen-bond donors (Lipinski definition) is 1. The smallest absolute Gasteiger partial charge is 0.410 e. The van der Waals surface area contributed by atoms with Gasteiger partial charge in [0.05, 0.1) is 18.8 Å². The number of nitrogens with zero attached hydrogens (tertiary/aromatic N) is 1. The SMILES string of the molecule is C[C@@H]1CS(=O)(=O)C(F)(C(=O)NCC(=O)Cc2ccccc2)CN1C(=O)OC(C)(C)C. The third-order valence-electron chi connectivity index (χ3n) is 4.52. The first kappa shape index (κ1) is 23.8. The lowest BCUT2D eigenvalue weighted by Crippen LogP contribution is -2.65. The Morgan fingerprint density at radius 2 is 1.83 bits per heavy atom. The van der Waals surface area contributed by atoms with E-state index in [1.54, 1.807) is 51.1 Å². The number of hydrogen-bond acceptors (Lipinski definition) is 6. The van der Waals surface area contributed by atoms with Gasteiger partial charge in [-0.3, -0.25) is 14.5 Å². The molecule has 2 atom stereocenters. The summed E-state index contributed by atoms with van der Waals surface area (Å²) in [6, 6.07) is 7.86. The van der Waals surface area contributed by atoms with E-state index in [9.17, 15) is 22.8 Å². The van der Waals surface area contributed by atoms with Crippen LogP contribution in [0.5, 0.6) is 0 Å². The number of ketones is 1. The fourth-order valence-electron chi connectivity index (χ4n) is 2.99. The van der Waals surface area contributed by atoms with Gasteiger partial charge < -0.3 is 10.1 Å². The molecule has 10 heteroatoms. The molecule has 2 amide bonds. The third-order valence-corrected chi connectivity index (χ3v) is 6.74. The first-order valence-corrected chi connectivity index (χ1v) is 11.2. The zero-order valence-corrected chi connectivity index (χ0v) is 18.3. The average molecular weight is 443 g/mol. The minimum absolute atomic E-state index is 0.00816. The fraction of sp³-hybridized carbons (Fsp3) is 0.550. The highest BCUT2D eigenvalue weighted by Gasteiger charge is 2.58. The van der Waals surface area contributed by atoms with Gasteiger partial charge in [0, 0.05) is 12.5 Å². The minimum atomic E-state index is -4.53. The summed E-state index contributed by atoms with van der Waals surface area (Å²) in [5, 5.41) is -1.30. The van der Waals surface area contributed by atoms with Crippen molar-refractivity contribution < 1.29 is 31.9 Å². The Morgan fingerprint density at radius 3 is 2.40 bits per heavy atom. The Labute approximate surface area is 175 Å². The largest absolute Gasteiger partial charge is 0.444 e. The fourth-order valence-corrected chi connectivity index (χ4v) is 4.76. The Balaban J connectivity index is 2.10. The van der Waals surface area contributed by atoms with Crippen LogP contribution in [0.1, 0.15) is 33.3 Å². The number of sulfone groups is 1. The van der Waals surface area contributed by atoms with Crippen molar-refractivity contribution in [3.8, 4) is 0 Å². The van der Waals surface area contributed by atoms with Crippen LogP contribution in [-0.4, -0.2) is 66.6 Å². The summed E-state index contributed by atoms with van der Waals surface area (Å²) < 4.78 is 45.6. The van der Waals surface area contributed by atoms with Crippen LogP contribution < -0.4 is 5.32 Å². The number of benzene rings is 1. The van der Waals surface area contributed by atoms with Crippen LogP contribution in [0.15, 0.2) is 30.3 Å². The van der Waals surface area contributed by atoms with E-state index in [0.717, 1.165) is 4.90 Å². The molecular formula is C20H27FN2O6S. The van der Waals surface area contributed by atoms with Crippen molar-refractivity contribution in [1.29, 1.82) is 0 Å². The Kier molecular flexibility index (Phi) is 6.90. The topological polar surface area (TPSA) is 110 Å². The Bertz CT molecular complexity index is 913. The van der Waals surface area contributed by atoms with E-state index in [-0.39, 0.29) is 6.42 Å². The number of nitrogens with one attached hydrogen (secondary N) is 1. The lowest BCUT2D eigenvalue weighted by atomic mass is 10.1. The molecule has 0 aromatic heterocycles. The van der Waals surface area contributed by atoms with E-state index in [4.69, 9.17) is 4.74 Å². The molecule has 1 unspecified atom stereocenters. The molecule has 8 nitrogen and oxygen atoms in total. The molecule has 0 bridgehead atoms. The summed E-state index contributed by atoms with van der Waals surface area (Å²) in [6.07, 6.45) is -0.909. The summed E-state index contributed by atoms with van der Waals surface area (Å²) in [6.45, 7) is 4.74. The van der Waals surface area contributed by atoms with Gasteiger partial charge in [-0.05, 0) is 33.3 Å². The van der Waals surface area contributed by atoms with Crippen molar-refractivity contribution >= 4 is 27.6 Å². The van der Waals surface area contributed by atoms with Crippen LogP contribution in [-0.2, 0) is 30.6 Å². The first-order valence-electron chi connectivity index (χ1n) is 9.50. The predicted octanol–water partition coefficient (Wildman–Crippen LogP) is 1.63. The van der Waals surface area contributed by atoms with Crippen LogP contribution in [0.3, 0.4) is 0 Å². The predicted molar refractivity (Wildman–Crippen MR) is 108 cm³/mol. The summed E-state index contributed by atoms with van der Waals surface area (Å²) >= 11 is 0. The number of rotatable bonds is 5. The number of alkyl halides is 1. The number of halogens is 1. The second-order valence-electron chi connectivity index (χ2n) is 8.35. The summed E-state index contributed by atoms with van der Waals surface area (Å²) in [5.74, 6) is -2.62. The number of carbonyl (C=O) groups excluding carboxylic acids is 3. The molecule has 166 valence electrons. The van der Waals surface area contributed by atoms with E-state index in [2.05, 4.69) is 5.32 Å². The van der Waals surface area contributed by atoms with E-state index in [0.29, 0.717) is 5.56 Å². The molecule has 1 heterocycles. The summed E-state index contributed by atoms with van der Waals surface area (Å²) in [4.78, 5) is 37.8. The van der Waals surface area contributed by atoms with Gasteiger partial charge in [-0.2, -0.15) is 0 Å². The lowest BCUT2D eigenvalue weighted by Gasteiger charge is -2.40. The zero-order valence-electron chi connectivity index (χ0n) is 17.5. The van der Waals surface area contributed by atoms with Crippen LogP contribution >= 0.6 is 0 Å². The molecule has 0 spiro atoms. The highest BCUT2D eigenvalue weighted by Crippen LogP contribution is 2.31. The Morgan fingerprint density at radius 1 is 1.23 bits per heavy atom.